The molecule has 19 heavy (non-hydrogen) atoms. The Hall–Kier alpha value is -2.43. The van der Waals surface area contributed by atoms with Crippen molar-refractivity contribution in [1.82, 2.24) is 9.97 Å². The van der Waals surface area contributed by atoms with Gasteiger partial charge in [-0.15, -0.1) is 0 Å². The summed E-state index contributed by atoms with van der Waals surface area (Å²) in [4.78, 5) is 20.3. The molecule has 2 aromatic heterocycles. The number of pyridine rings is 2. The summed E-state index contributed by atoms with van der Waals surface area (Å²) in [5.74, 6) is 0.535. The van der Waals surface area contributed by atoms with Crippen molar-refractivity contribution in [2.24, 2.45) is 0 Å². The predicted molar refractivity (Wildman–Crippen MR) is 75.3 cm³/mol. The summed E-state index contributed by atoms with van der Waals surface area (Å²) in [5, 5.41) is 5.91. The quantitative estimate of drug-likeness (QED) is 0.881. The Morgan fingerprint density at radius 1 is 1.21 bits per heavy atom. The fraction of sp³-hybridized carbons (Fsp3) is 0.214. The van der Waals surface area contributed by atoms with Gasteiger partial charge in [-0.25, -0.2) is 4.98 Å². The van der Waals surface area contributed by atoms with Crippen molar-refractivity contribution in [2.45, 2.75) is 13.8 Å². The third kappa shape index (κ3) is 3.51. The average molecular weight is 256 g/mol. The molecule has 0 atom stereocenters. The van der Waals surface area contributed by atoms with E-state index in [1.165, 1.54) is 0 Å². The molecule has 0 saturated heterocycles. The van der Waals surface area contributed by atoms with Gasteiger partial charge >= 0.3 is 0 Å². The van der Waals surface area contributed by atoms with Crippen LogP contribution in [-0.4, -0.2) is 22.4 Å². The number of hydrogen-bond donors (Lipinski definition) is 2. The van der Waals surface area contributed by atoms with E-state index in [-0.39, 0.29) is 5.91 Å². The Balaban J connectivity index is 2.13. The third-order valence-corrected chi connectivity index (χ3v) is 2.53. The predicted octanol–water partition coefficient (Wildman–Crippen LogP) is 2.47. The van der Waals surface area contributed by atoms with Gasteiger partial charge in [0, 0.05) is 35.9 Å². The lowest BCUT2D eigenvalue weighted by molar-refractivity contribution is 0.102. The SMILES string of the molecule is CCNc1cc(C(=O)Nc2ccnc(C)c2)ccn1. The van der Waals surface area contributed by atoms with Gasteiger partial charge in [0.15, 0.2) is 0 Å². The van der Waals surface area contributed by atoms with Gasteiger partial charge in [0.1, 0.15) is 5.82 Å². The van der Waals surface area contributed by atoms with E-state index in [2.05, 4.69) is 20.6 Å². The zero-order valence-electron chi connectivity index (χ0n) is 11.0. The summed E-state index contributed by atoms with van der Waals surface area (Å²) in [5.41, 5.74) is 2.17. The molecule has 5 nitrogen and oxygen atoms in total. The van der Waals surface area contributed by atoms with Crippen molar-refractivity contribution in [3.63, 3.8) is 0 Å². The smallest absolute Gasteiger partial charge is 0.255 e. The number of nitrogens with zero attached hydrogens (tertiary/aromatic N) is 2. The Kier molecular flexibility index (Phi) is 4.07. The van der Waals surface area contributed by atoms with Crippen molar-refractivity contribution in [3.8, 4) is 0 Å². The number of nitrogens with one attached hydrogen (secondary N) is 2. The van der Waals surface area contributed by atoms with Crippen molar-refractivity contribution >= 4 is 17.4 Å². The second-order valence-corrected chi connectivity index (χ2v) is 4.10. The second-order valence-electron chi connectivity index (χ2n) is 4.10. The number of carbonyl (C=O) groups excluding carboxylic acids is 1. The first-order valence-corrected chi connectivity index (χ1v) is 6.13. The summed E-state index contributed by atoms with van der Waals surface area (Å²) in [6.45, 7) is 4.63. The molecule has 2 aromatic rings. The molecular formula is C14H16N4O. The molecule has 0 spiro atoms. The highest BCUT2D eigenvalue weighted by Crippen LogP contribution is 2.11. The van der Waals surface area contributed by atoms with Crippen LogP contribution in [0.15, 0.2) is 36.7 Å². The van der Waals surface area contributed by atoms with Gasteiger partial charge in [0.05, 0.1) is 0 Å². The number of aryl methyl sites for hydroxylation is 1. The van der Waals surface area contributed by atoms with Crippen LogP contribution < -0.4 is 10.6 Å². The van der Waals surface area contributed by atoms with Crippen molar-refractivity contribution in [2.75, 3.05) is 17.2 Å². The second kappa shape index (κ2) is 5.95. The summed E-state index contributed by atoms with van der Waals surface area (Å²) in [6.07, 6.45) is 3.28. The molecule has 2 rings (SSSR count). The summed E-state index contributed by atoms with van der Waals surface area (Å²) >= 11 is 0. The lowest BCUT2D eigenvalue weighted by Crippen LogP contribution is -2.13. The van der Waals surface area contributed by atoms with Crippen molar-refractivity contribution in [1.29, 1.82) is 0 Å². The molecule has 0 bridgehead atoms. The minimum Gasteiger partial charge on any atom is -0.370 e. The number of carbonyl (C=O) groups is 1. The molecule has 0 saturated carbocycles. The van der Waals surface area contributed by atoms with E-state index in [0.29, 0.717) is 11.4 Å². The van der Waals surface area contributed by atoms with Crippen LogP contribution in [0.4, 0.5) is 11.5 Å². The maximum atomic E-state index is 12.1. The standard InChI is InChI=1S/C14H16N4O/c1-3-15-13-9-11(4-6-17-13)14(19)18-12-5-7-16-10(2)8-12/h4-9H,3H2,1-2H3,(H,15,17)(H,16,18,19). The first kappa shape index (κ1) is 13.0. The third-order valence-electron chi connectivity index (χ3n) is 2.53. The molecule has 98 valence electrons. The largest absolute Gasteiger partial charge is 0.370 e. The first-order valence-electron chi connectivity index (χ1n) is 6.13. The van der Waals surface area contributed by atoms with Gasteiger partial charge in [0.2, 0.25) is 0 Å². The Morgan fingerprint density at radius 3 is 2.74 bits per heavy atom. The summed E-state index contributed by atoms with van der Waals surface area (Å²) in [7, 11) is 0. The van der Waals surface area contributed by atoms with Gasteiger partial charge in [-0.05, 0) is 38.1 Å². The van der Waals surface area contributed by atoms with E-state index in [9.17, 15) is 4.79 Å². The lowest BCUT2D eigenvalue weighted by Gasteiger charge is -2.07. The van der Waals surface area contributed by atoms with Gasteiger partial charge in [0.25, 0.3) is 5.91 Å². The van der Waals surface area contributed by atoms with Crippen LogP contribution in [0, 0.1) is 6.92 Å². The van der Waals surface area contributed by atoms with Gasteiger partial charge < -0.3 is 10.6 Å². The van der Waals surface area contributed by atoms with Crippen LogP contribution in [-0.2, 0) is 0 Å². The van der Waals surface area contributed by atoms with E-state index >= 15 is 0 Å². The zero-order chi connectivity index (χ0) is 13.7. The molecule has 0 unspecified atom stereocenters. The van der Waals surface area contributed by atoms with E-state index in [1.54, 1.807) is 30.6 Å². The molecule has 2 heterocycles. The van der Waals surface area contributed by atoms with E-state index in [0.717, 1.165) is 17.9 Å². The normalized spacial score (nSPS) is 10.0. The fourth-order valence-corrected chi connectivity index (χ4v) is 1.68. The first-order chi connectivity index (χ1) is 9.19. The molecule has 0 aliphatic heterocycles. The molecule has 0 aromatic carbocycles. The van der Waals surface area contributed by atoms with Crippen molar-refractivity contribution < 1.29 is 4.79 Å². The molecular weight excluding hydrogens is 240 g/mol. The highest BCUT2D eigenvalue weighted by Gasteiger charge is 2.07. The van der Waals surface area contributed by atoms with E-state index in [4.69, 9.17) is 0 Å². The molecule has 2 N–H and O–H groups in total. The molecule has 0 aliphatic carbocycles. The number of aromatic nitrogens is 2. The van der Waals surface area contributed by atoms with Crippen molar-refractivity contribution in [3.05, 3.63) is 47.9 Å². The van der Waals surface area contributed by atoms with Crippen LogP contribution in [0.25, 0.3) is 0 Å². The topological polar surface area (TPSA) is 66.9 Å². The molecule has 0 radical (unpaired) electrons. The average Bonchev–Trinajstić information content (AvgIpc) is 2.39. The Bertz CT molecular complexity index is 583. The fourth-order valence-electron chi connectivity index (χ4n) is 1.68. The zero-order valence-corrected chi connectivity index (χ0v) is 11.0. The molecule has 5 heteroatoms. The van der Waals surface area contributed by atoms with E-state index in [1.807, 2.05) is 19.9 Å². The maximum Gasteiger partial charge on any atom is 0.255 e. The Labute approximate surface area is 112 Å². The van der Waals surface area contributed by atoms with Crippen LogP contribution in [0.3, 0.4) is 0 Å². The molecule has 0 aliphatic rings. The minimum atomic E-state index is -0.160. The number of anilines is 2. The summed E-state index contributed by atoms with van der Waals surface area (Å²) < 4.78 is 0. The summed E-state index contributed by atoms with van der Waals surface area (Å²) in [6, 6.07) is 7.00. The van der Waals surface area contributed by atoms with Crippen LogP contribution >= 0.6 is 0 Å². The van der Waals surface area contributed by atoms with Gasteiger partial charge in [-0.3, -0.25) is 9.78 Å². The molecule has 0 fully saturated rings. The maximum absolute atomic E-state index is 12.1. The lowest BCUT2D eigenvalue weighted by atomic mass is 10.2. The highest BCUT2D eigenvalue weighted by molar-refractivity contribution is 6.04. The van der Waals surface area contributed by atoms with Gasteiger partial charge in [-0.2, -0.15) is 0 Å². The van der Waals surface area contributed by atoms with Crippen LogP contribution in [0.1, 0.15) is 23.0 Å². The highest BCUT2D eigenvalue weighted by atomic mass is 16.1. The monoisotopic (exact) mass is 256 g/mol. The number of rotatable bonds is 4. The van der Waals surface area contributed by atoms with Crippen LogP contribution in [0.2, 0.25) is 0 Å². The number of hydrogen-bond acceptors (Lipinski definition) is 4. The van der Waals surface area contributed by atoms with Crippen LogP contribution in [0.5, 0.6) is 0 Å². The molecule has 1 amide bonds. The number of amides is 1. The van der Waals surface area contributed by atoms with E-state index < -0.39 is 0 Å². The minimum absolute atomic E-state index is 0.160. The Morgan fingerprint density at radius 2 is 2.00 bits per heavy atom. The van der Waals surface area contributed by atoms with Gasteiger partial charge in [-0.1, -0.05) is 0 Å².